The Labute approximate surface area is 141 Å². The molecule has 1 aliphatic heterocycles. The Hall–Kier alpha value is -1.78. The summed E-state index contributed by atoms with van der Waals surface area (Å²) in [6.45, 7) is 6.86. The number of H-pyrrole nitrogens is 2. The first-order valence-electron chi connectivity index (χ1n) is 9.06. The number of aromatic nitrogens is 2. The van der Waals surface area contributed by atoms with Crippen molar-refractivity contribution in [3.8, 4) is 5.88 Å². The lowest BCUT2D eigenvalue weighted by atomic mass is 9.56. The van der Waals surface area contributed by atoms with Crippen molar-refractivity contribution < 1.29 is 4.74 Å². The summed E-state index contributed by atoms with van der Waals surface area (Å²) < 4.78 is 6.16. The predicted molar refractivity (Wildman–Crippen MR) is 92.3 cm³/mol. The summed E-state index contributed by atoms with van der Waals surface area (Å²) in [4.78, 5) is 28.6. The highest BCUT2D eigenvalue weighted by molar-refractivity contribution is 5.32. The molecule has 1 aromatic rings. The summed E-state index contributed by atoms with van der Waals surface area (Å²) in [6, 6.07) is 0. The molecule has 2 heterocycles. The van der Waals surface area contributed by atoms with Crippen molar-refractivity contribution in [1.29, 1.82) is 0 Å². The largest absolute Gasteiger partial charge is 0.472 e. The van der Waals surface area contributed by atoms with E-state index in [1.165, 1.54) is 12.8 Å². The second-order valence-corrected chi connectivity index (χ2v) is 8.37. The van der Waals surface area contributed by atoms with Crippen LogP contribution < -0.4 is 16.0 Å². The summed E-state index contributed by atoms with van der Waals surface area (Å²) in [7, 11) is 0. The number of nitrogens with one attached hydrogen (secondary N) is 2. The van der Waals surface area contributed by atoms with Gasteiger partial charge in [0.2, 0.25) is 5.88 Å². The molecule has 1 aromatic heterocycles. The van der Waals surface area contributed by atoms with Gasteiger partial charge in [0.05, 0.1) is 5.56 Å². The molecule has 1 fully saturated rings. The molecule has 0 aromatic carbocycles. The van der Waals surface area contributed by atoms with Gasteiger partial charge in [-0.3, -0.25) is 14.8 Å². The van der Waals surface area contributed by atoms with Gasteiger partial charge >= 0.3 is 5.69 Å². The maximum atomic E-state index is 12.1. The van der Waals surface area contributed by atoms with E-state index in [0.29, 0.717) is 29.7 Å². The molecule has 2 N–H and O–H groups in total. The van der Waals surface area contributed by atoms with Gasteiger partial charge in [-0.1, -0.05) is 25.5 Å². The molecule has 5 heteroatoms. The average molecular weight is 330 g/mol. The second-order valence-electron chi connectivity index (χ2n) is 8.37. The summed E-state index contributed by atoms with van der Waals surface area (Å²) in [5.74, 6) is 1.43. The third kappa shape index (κ3) is 2.20. The Balaban J connectivity index is 1.65. The summed E-state index contributed by atoms with van der Waals surface area (Å²) in [5, 5.41) is 0. The van der Waals surface area contributed by atoms with Crippen molar-refractivity contribution >= 4 is 0 Å². The van der Waals surface area contributed by atoms with E-state index >= 15 is 0 Å². The minimum absolute atomic E-state index is 0.238. The van der Waals surface area contributed by atoms with Crippen LogP contribution >= 0.6 is 0 Å². The van der Waals surface area contributed by atoms with Gasteiger partial charge in [0.1, 0.15) is 5.60 Å². The molecule has 0 radical (unpaired) electrons. The van der Waals surface area contributed by atoms with Gasteiger partial charge in [0.25, 0.3) is 5.56 Å². The van der Waals surface area contributed by atoms with Gasteiger partial charge in [-0.25, -0.2) is 4.79 Å². The fraction of sp³-hybridized carbons (Fsp3) is 0.684. The Kier molecular flexibility index (Phi) is 3.35. The van der Waals surface area contributed by atoms with E-state index in [9.17, 15) is 9.59 Å². The van der Waals surface area contributed by atoms with Crippen LogP contribution in [0.1, 0.15) is 58.4 Å². The first kappa shape index (κ1) is 15.7. The summed E-state index contributed by atoms with van der Waals surface area (Å²) in [6.07, 6.45) is 8.76. The molecule has 4 atom stereocenters. The molecule has 4 rings (SSSR count). The molecule has 0 saturated heterocycles. The van der Waals surface area contributed by atoms with E-state index in [-0.39, 0.29) is 11.0 Å². The zero-order valence-corrected chi connectivity index (χ0v) is 14.7. The number of allylic oxidation sites excluding steroid dienone is 2. The van der Waals surface area contributed by atoms with Crippen molar-refractivity contribution in [3.63, 3.8) is 0 Å². The van der Waals surface area contributed by atoms with Gasteiger partial charge in [0, 0.05) is 6.42 Å². The maximum absolute atomic E-state index is 12.1. The van der Waals surface area contributed by atoms with Crippen LogP contribution in [0.25, 0.3) is 0 Å². The molecule has 0 amide bonds. The van der Waals surface area contributed by atoms with Gasteiger partial charge in [-0.15, -0.1) is 0 Å². The maximum Gasteiger partial charge on any atom is 0.328 e. The standard InChI is InChI=1S/C19H26N2O3/c1-11-5-4-6-12-7-8-13(9-18(11,12)2)19(3)10-14-15(22)20-17(23)21-16(14)24-19/h6,11,13H,4-5,7-10H2,1-3H3,(H2,20,21,22,23)/t11-,13?,18+,19?/m0/s1. The molecule has 0 bridgehead atoms. The Morgan fingerprint density at radius 1 is 1.21 bits per heavy atom. The molecule has 1 saturated carbocycles. The quantitative estimate of drug-likeness (QED) is 0.778. The van der Waals surface area contributed by atoms with Crippen LogP contribution in [-0.4, -0.2) is 15.6 Å². The Morgan fingerprint density at radius 2 is 2.00 bits per heavy atom. The van der Waals surface area contributed by atoms with E-state index in [1.54, 1.807) is 5.57 Å². The second kappa shape index (κ2) is 5.11. The van der Waals surface area contributed by atoms with Crippen molar-refractivity contribution in [1.82, 2.24) is 9.97 Å². The van der Waals surface area contributed by atoms with E-state index < -0.39 is 11.3 Å². The van der Waals surface area contributed by atoms with Gasteiger partial charge in [-0.2, -0.15) is 0 Å². The fourth-order valence-electron chi connectivity index (χ4n) is 5.15. The number of fused-ring (bicyclic) bond motifs is 2. The summed E-state index contributed by atoms with van der Waals surface area (Å²) in [5.41, 5.74) is 1.21. The van der Waals surface area contributed by atoms with Gasteiger partial charge in [0.15, 0.2) is 0 Å². The molecule has 0 spiro atoms. The topological polar surface area (TPSA) is 75.0 Å². The molecular formula is C19H26N2O3. The highest BCUT2D eigenvalue weighted by atomic mass is 16.5. The average Bonchev–Trinajstić information content (AvgIpc) is 2.86. The molecule has 24 heavy (non-hydrogen) atoms. The van der Waals surface area contributed by atoms with Gasteiger partial charge < -0.3 is 4.74 Å². The number of ether oxygens (including phenoxy) is 1. The SMILES string of the molecule is C[C@H]1CCC=C2CCC(C3(C)Cc4c([nH]c(=O)[nH]c4=O)O3)C[C@@]21C. The Morgan fingerprint density at radius 3 is 2.79 bits per heavy atom. The van der Waals surface area contributed by atoms with Crippen LogP contribution in [0.2, 0.25) is 0 Å². The molecule has 3 aliphatic rings. The number of rotatable bonds is 1. The molecule has 2 unspecified atom stereocenters. The van der Waals surface area contributed by atoms with Crippen molar-refractivity contribution in [2.45, 2.75) is 64.9 Å². The summed E-state index contributed by atoms with van der Waals surface area (Å²) >= 11 is 0. The van der Waals surface area contributed by atoms with E-state index in [4.69, 9.17) is 4.74 Å². The van der Waals surface area contributed by atoms with Crippen molar-refractivity contribution in [2.75, 3.05) is 0 Å². The highest BCUT2D eigenvalue weighted by Gasteiger charge is 2.50. The van der Waals surface area contributed by atoms with Crippen LogP contribution in [0.3, 0.4) is 0 Å². The smallest absolute Gasteiger partial charge is 0.328 e. The lowest BCUT2D eigenvalue weighted by Gasteiger charge is -2.50. The van der Waals surface area contributed by atoms with Crippen LogP contribution in [0.4, 0.5) is 0 Å². The first-order chi connectivity index (χ1) is 11.3. The normalized spacial score (nSPS) is 38.0. The fourth-order valence-corrected chi connectivity index (χ4v) is 5.15. The monoisotopic (exact) mass is 330 g/mol. The van der Waals surface area contributed by atoms with Gasteiger partial charge in [-0.05, 0) is 56.3 Å². The third-order valence-electron chi connectivity index (χ3n) is 6.97. The number of hydrogen-bond donors (Lipinski definition) is 2. The minimum Gasteiger partial charge on any atom is -0.472 e. The molecule has 2 aliphatic carbocycles. The van der Waals surface area contributed by atoms with E-state index in [2.05, 4.69) is 36.8 Å². The predicted octanol–water partition coefficient (Wildman–Crippen LogP) is 2.92. The van der Waals surface area contributed by atoms with Crippen LogP contribution in [0, 0.1) is 17.3 Å². The number of hydrogen-bond acceptors (Lipinski definition) is 3. The lowest BCUT2D eigenvalue weighted by molar-refractivity contribution is -0.00520. The highest BCUT2D eigenvalue weighted by Crippen LogP contribution is 2.55. The molecule has 130 valence electrons. The van der Waals surface area contributed by atoms with Crippen LogP contribution in [0.15, 0.2) is 21.2 Å². The first-order valence-corrected chi connectivity index (χ1v) is 9.06. The van der Waals surface area contributed by atoms with Crippen molar-refractivity contribution in [3.05, 3.63) is 38.1 Å². The zero-order chi connectivity index (χ0) is 17.1. The van der Waals surface area contributed by atoms with E-state index in [1.807, 2.05) is 0 Å². The minimum atomic E-state index is -0.496. The molecular weight excluding hydrogens is 304 g/mol. The number of aromatic amines is 2. The zero-order valence-electron chi connectivity index (χ0n) is 14.7. The van der Waals surface area contributed by atoms with Crippen molar-refractivity contribution in [2.24, 2.45) is 17.3 Å². The third-order valence-corrected chi connectivity index (χ3v) is 6.97. The lowest BCUT2D eigenvalue weighted by Crippen LogP contribution is -2.47. The van der Waals surface area contributed by atoms with Crippen LogP contribution in [0.5, 0.6) is 5.88 Å². The van der Waals surface area contributed by atoms with Crippen LogP contribution in [-0.2, 0) is 6.42 Å². The molecule has 5 nitrogen and oxygen atoms in total. The Bertz CT molecular complexity index is 821. The van der Waals surface area contributed by atoms with E-state index in [0.717, 1.165) is 19.3 Å².